The molecule has 0 saturated carbocycles. The highest BCUT2D eigenvalue weighted by atomic mass is 127. The van der Waals surface area contributed by atoms with Crippen LogP contribution in [0.1, 0.15) is 19.4 Å². The molecule has 6 heteroatoms. The smallest absolute Gasteiger partial charge is 0.414 e. The van der Waals surface area contributed by atoms with Crippen LogP contribution in [-0.4, -0.2) is 28.1 Å². The van der Waals surface area contributed by atoms with Gasteiger partial charge in [-0.1, -0.05) is 52.9 Å². The average molecular weight is 387 g/mol. The second kappa shape index (κ2) is 6.43. The molecule has 1 aliphatic rings. The van der Waals surface area contributed by atoms with Gasteiger partial charge in [-0.2, -0.15) is 0 Å². The van der Waals surface area contributed by atoms with Gasteiger partial charge in [-0.15, -0.1) is 0 Å². The van der Waals surface area contributed by atoms with Gasteiger partial charge in [0, 0.05) is 4.43 Å². The van der Waals surface area contributed by atoms with Crippen LogP contribution in [-0.2, 0) is 11.3 Å². The summed E-state index contributed by atoms with van der Waals surface area (Å²) in [4.78, 5) is 16.2. The molecule has 0 fully saturated rings. The molecule has 0 spiro atoms. The minimum absolute atomic E-state index is 0.146. The van der Waals surface area contributed by atoms with Crippen LogP contribution >= 0.6 is 22.6 Å². The van der Waals surface area contributed by atoms with Crippen molar-refractivity contribution < 1.29 is 9.53 Å². The average Bonchev–Trinajstić information content (AvgIpc) is 2.71. The van der Waals surface area contributed by atoms with Gasteiger partial charge in [0.15, 0.2) is 0 Å². The normalized spacial score (nSPS) is 19.9. The Morgan fingerprint density at radius 3 is 2.75 bits per heavy atom. The number of guanidine groups is 1. The van der Waals surface area contributed by atoms with Gasteiger partial charge >= 0.3 is 6.09 Å². The summed E-state index contributed by atoms with van der Waals surface area (Å²) in [5.74, 6) is 0.481. The topological polar surface area (TPSA) is 62.7 Å². The first-order valence-corrected chi connectivity index (χ1v) is 7.93. The number of amides is 1. The van der Waals surface area contributed by atoms with Crippen LogP contribution in [0.4, 0.5) is 4.79 Å². The number of carbonyl (C=O) groups excluding carboxylic acids is 1. The monoisotopic (exact) mass is 387 g/mol. The maximum atomic E-state index is 11.7. The highest BCUT2D eigenvalue weighted by molar-refractivity contribution is 14.1. The van der Waals surface area contributed by atoms with Gasteiger partial charge in [0.2, 0.25) is 5.96 Å². The molecule has 0 saturated heterocycles. The number of benzene rings is 1. The van der Waals surface area contributed by atoms with Gasteiger partial charge < -0.3 is 10.1 Å². The summed E-state index contributed by atoms with van der Waals surface area (Å²) in [6.07, 6.45) is -0.495. The molecule has 2 rings (SSSR count). The van der Waals surface area contributed by atoms with E-state index in [2.05, 4.69) is 52.1 Å². The molecule has 0 aromatic heterocycles. The number of nitrogens with zero attached hydrogens (tertiary/aromatic N) is 1. The molecule has 1 amide bonds. The van der Waals surface area contributed by atoms with Crippen molar-refractivity contribution in [1.29, 1.82) is 0 Å². The van der Waals surface area contributed by atoms with Gasteiger partial charge in [-0.05, 0) is 19.4 Å². The van der Waals surface area contributed by atoms with Crippen LogP contribution in [0.25, 0.3) is 0 Å². The van der Waals surface area contributed by atoms with Crippen molar-refractivity contribution in [3.05, 3.63) is 35.9 Å². The number of ether oxygens (including phenoxy) is 1. The SMILES string of the molecule is CC1(C)NC(NC(=O)OCc2ccccc2)=NC1CI. The highest BCUT2D eigenvalue weighted by Crippen LogP contribution is 2.20. The summed E-state index contributed by atoms with van der Waals surface area (Å²) in [6.45, 7) is 4.37. The Labute approximate surface area is 132 Å². The molecule has 1 atom stereocenters. The number of carbonyl (C=O) groups is 1. The predicted octanol–water partition coefficient (Wildman–Crippen LogP) is 2.45. The second-order valence-corrected chi connectivity index (χ2v) is 6.06. The molecule has 1 aliphatic heterocycles. The van der Waals surface area contributed by atoms with Crippen LogP contribution < -0.4 is 10.6 Å². The molecular weight excluding hydrogens is 369 g/mol. The molecule has 2 N–H and O–H groups in total. The Hall–Kier alpha value is -1.31. The lowest BCUT2D eigenvalue weighted by molar-refractivity contribution is 0.145. The molecule has 0 bridgehead atoms. The number of hydrogen-bond donors (Lipinski definition) is 2. The number of alkyl halides is 1. The van der Waals surface area contributed by atoms with E-state index in [0.29, 0.717) is 5.96 Å². The van der Waals surface area contributed by atoms with Crippen molar-refractivity contribution in [3.8, 4) is 0 Å². The zero-order valence-corrected chi connectivity index (χ0v) is 13.7. The van der Waals surface area contributed by atoms with E-state index in [9.17, 15) is 4.79 Å². The highest BCUT2D eigenvalue weighted by Gasteiger charge is 2.35. The Kier molecular flexibility index (Phi) is 4.85. The summed E-state index contributed by atoms with van der Waals surface area (Å²) in [7, 11) is 0. The Balaban J connectivity index is 1.84. The fourth-order valence-electron chi connectivity index (χ4n) is 1.88. The summed E-state index contributed by atoms with van der Waals surface area (Å²) < 4.78 is 6.05. The zero-order valence-electron chi connectivity index (χ0n) is 11.5. The maximum absolute atomic E-state index is 11.7. The third kappa shape index (κ3) is 3.84. The molecule has 1 aromatic carbocycles. The van der Waals surface area contributed by atoms with E-state index in [1.807, 2.05) is 30.3 Å². The van der Waals surface area contributed by atoms with Crippen molar-refractivity contribution in [1.82, 2.24) is 10.6 Å². The van der Waals surface area contributed by atoms with E-state index in [-0.39, 0.29) is 18.2 Å². The number of rotatable bonds is 3. The van der Waals surface area contributed by atoms with E-state index in [0.717, 1.165) is 9.99 Å². The van der Waals surface area contributed by atoms with Gasteiger partial charge in [0.05, 0.1) is 11.6 Å². The number of aliphatic imine (C=N–C) groups is 1. The van der Waals surface area contributed by atoms with Crippen LogP contribution in [0.3, 0.4) is 0 Å². The van der Waals surface area contributed by atoms with E-state index in [1.165, 1.54) is 0 Å². The quantitative estimate of drug-likeness (QED) is 0.619. The van der Waals surface area contributed by atoms with Crippen molar-refractivity contribution >= 4 is 34.6 Å². The van der Waals surface area contributed by atoms with E-state index >= 15 is 0 Å². The lowest BCUT2D eigenvalue weighted by Gasteiger charge is -2.24. The molecule has 20 heavy (non-hydrogen) atoms. The number of alkyl carbamates (subject to hydrolysis) is 1. The predicted molar refractivity (Wildman–Crippen MR) is 87.1 cm³/mol. The van der Waals surface area contributed by atoms with E-state index < -0.39 is 6.09 Å². The first-order chi connectivity index (χ1) is 9.51. The summed E-state index contributed by atoms with van der Waals surface area (Å²) >= 11 is 2.29. The third-order valence-electron chi connectivity index (χ3n) is 3.14. The Bertz CT molecular complexity index is 502. The third-order valence-corrected chi connectivity index (χ3v) is 3.97. The zero-order chi connectivity index (χ0) is 14.6. The van der Waals surface area contributed by atoms with Crippen LogP contribution in [0.2, 0.25) is 0 Å². The maximum Gasteiger partial charge on any atom is 0.414 e. The lowest BCUT2D eigenvalue weighted by Crippen LogP contribution is -2.49. The molecule has 5 nitrogen and oxygen atoms in total. The standard InChI is InChI=1S/C14H18IN3O2/c1-14(2)11(8-15)16-12(18-14)17-13(19)20-9-10-6-4-3-5-7-10/h3-7,11H,8-9H2,1-2H3,(H2,16,17,18,19). The fourth-order valence-corrected chi connectivity index (χ4v) is 3.18. The van der Waals surface area contributed by atoms with Gasteiger partial charge in [0.1, 0.15) is 6.61 Å². The first-order valence-electron chi connectivity index (χ1n) is 6.41. The van der Waals surface area contributed by atoms with Crippen molar-refractivity contribution in [3.63, 3.8) is 0 Å². The van der Waals surface area contributed by atoms with Crippen molar-refractivity contribution in [2.75, 3.05) is 4.43 Å². The Morgan fingerprint density at radius 1 is 1.45 bits per heavy atom. The minimum Gasteiger partial charge on any atom is -0.444 e. The molecule has 108 valence electrons. The van der Waals surface area contributed by atoms with E-state index in [1.54, 1.807) is 0 Å². The first kappa shape index (κ1) is 15.1. The van der Waals surface area contributed by atoms with Crippen LogP contribution in [0.15, 0.2) is 35.3 Å². The summed E-state index contributed by atoms with van der Waals surface area (Å²) in [5.41, 5.74) is 0.804. The minimum atomic E-state index is -0.495. The van der Waals surface area contributed by atoms with E-state index in [4.69, 9.17) is 4.74 Å². The van der Waals surface area contributed by atoms with Crippen LogP contribution in [0, 0.1) is 0 Å². The van der Waals surface area contributed by atoms with Gasteiger partial charge in [0.25, 0.3) is 0 Å². The van der Waals surface area contributed by atoms with Crippen molar-refractivity contribution in [2.45, 2.75) is 32.0 Å². The number of hydrogen-bond acceptors (Lipinski definition) is 4. The number of nitrogens with one attached hydrogen (secondary N) is 2. The fraction of sp³-hybridized carbons (Fsp3) is 0.429. The second-order valence-electron chi connectivity index (χ2n) is 5.18. The van der Waals surface area contributed by atoms with Gasteiger partial charge in [-0.25, -0.2) is 9.79 Å². The molecule has 1 aromatic rings. The number of halogens is 1. The lowest BCUT2D eigenvalue weighted by atomic mass is 9.99. The largest absolute Gasteiger partial charge is 0.444 e. The molecule has 1 heterocycles. The molecule has 0 aliphatic carbocycles. The van der Waals surface area contributed by atoms with Crippen LogP contribution in [0.5, 0.6) is 0 Å². The molecular formula is C14H18IN3O2. The Morgan fingerprint density at radius 2 is 2.15 bits per heavy atom. The summed E-state index contributed by atoms with van der Waals surface area (Å²) in [6, 6.07) is 9.71. The van der Waals surface area contributed by atoms with Crippen molar-refractivity contribution in [2.24, 2.45) is 4.99 Å². The van der Waals surface area contributed by atoms with Gasteiger partial charge in [-0.3, -0.25) is 5.32 Å². The summed E-state index contributed by atoms with van der Waals surface area (Å²) in [5, 5.41) is 5.84. The molecule has 0 radical (unpaired) electrons. The molecule has 1 unspecified atom stereocenters.